The summed E-state index contributed by atoms with van der Waals surface area (Å²) in [6.07, 6.45) is 20.2. The van der Waals surface area contributed by atoms with Crippen molar-refractivity contribution in [2.45, 2.75) is 129 Å². The van der Waals surface area contributed by atoms with Gasteiger partial charge in [0.25, 0.3) is 7.82 Å². The lowest BCUT2D eigenvalue weighted by Gasteiger charge is -2.29. The second kappa shape index (κ2) is 23.0. The number of nitrogens with zero attached hydrogens (tertiary/aromatic N) is 1. The van der Waals surface area contributed by atoms with E-state index >= 15 is 0 Å². The zero-order valence-electron chi connectivity index (χ0n) is 25.1. The zero-order valence-corrected chi connectivity index (χ0v) is 26.0. The van der Waals surface area contributed by atoms with E-state index in [1.54, 1.807) is 6.08 Å². The van der Waals surface area contributed by atoms with Crippen molar-refractivity contribution in [1.29, 1.82) is 0 Å². The summed E-state index contributed by atoms with van der Waals surface area (Å²) in [6, 6.07) is -0.873. The summed E-state index contributed by atoms with van der Waals surface area (Å²) in [6.45, 7) is 4.46. The summed E-state index contributed by atoms with van der Waals surface area (Å²) < 4.78 is 22.8. The molecule has 0 radical (unpaired) electrons. The van der Waals surface area contributed by atoms with Crippen molar-refractivity contribution in [2.24, 2.45) is 0 Å². The summed E-state index contributed by atoms with van der Waals surface area (Å²) in [5.74, 6) is -0.219. The number of likely N-dealkylation sites (N-methyl/N-ethyl adjacent to an activating group) is 1. The predicted molar refractivity (Wildman–Crippen MR) is 155 cm³/mol. The maximum Gasteiger partial charge on any atom is 0.268 e. The predicted octanol–water partition coefficient (Wildman–Crippen LogP) is 5.88. The molecule has 0 rings (SSSR count). The van der Waals surface area contributed by atoms with Gasteiger partial charge in [-0.2, -0.15) is 0 Å². The molecule has 9 heteroatoms. The highest BCUT2D eigenvalue weighted by Crippen LogP contribution is 2.38. The van der Waals surface area contributed by atoms with Crippen molar-refractivity contribution in [3.05, 3.63) is 12.2 Å². The van der Waals surface area contributed by atoms with Crippen LogP contribution in [-0.4, -0.2) is 68.5 Å². The van der Waals surface area contributed by atoms with Crippen LogP contribution in [0.3, 0.4) is 0 Å². The van der Waals surface area contributed by atoms with Crippen molar-refractivity contribution >= 4 is 13.7 Å². The van der Waals surface area contributed by atoms with E-state index in [4.69, 9.17) is 9.05 Å². The van der Waals surface area contributed by atoms with Gasteiger partial charge < -0.3 is 28.8 Å². The Labute approximate surface area is 233 Å². The number of quaternary nitrogens is 1. The van der Waals surface area contributed by atoms with Gasteiger partial charge in [0.2, 0.25) is 5.91 Å². The number of aliphatic hydroxyl groups is 1. The summed E-state index contributed by atoms with van der Waals surface area (Å²) >= 11 is 0. The highest BCUT2D eigenvalue weighted by molar-refractivity contribution is 7.45. The molecule has 0 bridgehead atoms. The quantitative estimate of drug-likeness (QED) is 0.0590. The van der Waals surface area contributed by atoms with Gasteiger partial charge >= 0.3 is 0 Å². The number of hydrogen-bond acceptors (Lipinski definition) is 6. The number of carbonyl (C=O) groups is 1. The largest absolute Gasteiger partial charge is 0.756 e. The van der Waals surface area contributed by atoms with Crippen LogP contribution in [0.2, 0.25) is 0 Å². The zero-order chi connectivity index (χ0) is 28.7. The molecule has 38 heavy (non-hydrogen) atoms. The summed E-state index contributed by atoms with van der Waals surface area (Å²) in [5.41, 5.74) is 0. The van der Waals surface area contributed by atoms with Crippen molar-refractivity contribution in [3.63, 3.8) is 0 Å². The van der Waals surface area contributed by atoms with Crippen LogP contribution in [0.25, 0.3) is 0 Å². The van der Waals surface area contributed by atoms with Gasteiger partial charge in [-0.15, -0.1) is 0 Å². The Hall–Kier alpha value is -0.760. The van der Waals surface area contributed by atoms with Crippen LogP contribution >= 0.6 is 7.82 Å². The minimum absolute atomic E-state index is 0.0000453. The van der Waals surface area contributed by atoms with E-state index in [9.17, 15) is 19.4 Å². The van der Waals surface area contributed by atoms with Crippen LogP contribution in [0.4, 0.5) is 0 Å². The fourth-order valence-electron chi connectivity index (χ4n) is 3.97. The first kappa shape index (κ1) is 37.2. The molecule has 0 saturated heterocycles. The average Bonchev–Trinajstić information content (AvgIpc) is 2.84. The number of phosphoric ester groups is 1. The van der Waals surface area contributed by atoms with Crippen LogP contribution < -0.4 is 10.2 Å². The van der Waals surface area contributed by atoms with Gasteiger partial charge in [0.15, 0.2) is 0 Å². The second-order valence-electron chi connectivity index (χ2n) is 11.5. The number of nitrogens with one attached hydrogen (secondary N) is 1. The van der Waals surface area contributed by atoms with Crippen LogP contribution in [-0.2, 0) is 18.4 Å². The molecule has 0 aromatic heterocycles. The number of phosphoric acid groups is 1. The lowest BCUT2D eigenvalue weighted by atomic mass is 10.1. The molecular formula is C29H59N2O6P. The molecule has 3 atom stereocenters. The molecule has 226 valence electrons. The van der Waals surface area contributed by atoms with Gasteiger partial charge in [0.05, 0.1) is 39.9 Å². The Morgan fingerprint density at radius 2 is 1.42 bits per heavy atom. The molecule has 0 saturated carbocycles. The molecule has 0 heterocycles. The van der Waals surface area contributed by atoms with E-state index < -0.39 is 20.0 Å². The lowest BCUT2D eigenvalue weighted by molar-refractivity contribution is -0.870. The molecule has 0 aromatic rings. The maximum atomic E-state index is 12.4. The number of carbonyl (C=O) groups excluding carboxylic acids is 1. The fourth-order valence-corrected chi connectivity index (χ4v) is 4.69. The van der Waals surface area contributed by atoms with Gasteiger partial charge in [0.1, 0.15) is 13.2 Å². The first-order chi connectivity index (χ1) is 18.0. The molecule has 0 aliphatic rings. The van der Waals surface area contributed by atoms with Crippen molar-refractivity contribution in [1.82, 2.24) is 5.32 Å². The first-order valence-electron chi connectivity index (χ1n) is 15.1. The Bertz CT molecular complexity index is 653. The summed E-state index contributed by atoms with van der Waals surface area (Å²) in [7, 11) is 1.25. The molecule has 0 fully saturated rings. The standard InChI is InChI=1S/C29H59N2O6P/c1-6-8-10-12-13-14-15-16-17-18-19-20-22-28(32)27(30-29(33)23-21-11-9-7-2)26-37-38(34,35)36-25-24-31(3,4)5/h20,22,27-28,32H,6-19,21,23-26H2,1-5H3,(H-,30,33,34,35)/b22-20+. The second-order valence-corrected chi connectivity index (χ2v) is 12.9. The number of aliphatic hydroxyl groups excluding tert-OH is 1. The third-order valence-corrected chi connectivity index (χ3v) is 7.46. The number of allylic oxidation sites excluding steroid dienone is 1. The Balaban J connectivity index is 4.58. The van der Waals surface area contributed by atoms with Crippen molar-refractivity contribution < 1.29 is 32.9 Å². The van der Waals surface area contributed by atoms with E-state index in [1.165, 1.54) is 51.4 Å². The van der Waals surface area contributed by atoms with E-state index in [1.807, 2.05) is 27.2 Å². The monoisotopic (exact) mass is 562 g/mol. The van der Waals surface area contributed by atoms with E-state index in [0.29, 0.717) is 17.4 Å². The van der Waals surface area contributed by atoms with Gasteiger partial charge in [-0.3, -0.25) is 9.36 Å². The molecular weight excluding hydrogens is 503 g/mol. The van der Waals surface area contributed by atoms with Gasteiger partial charge in [0, 0.05) is 6.42 Å². The van der Waals surface area contributed by atoms with Crippen molar-refractivity contribution in [3.8, 4) is 0 Å². The van der Waals surface area contributed by atoms with Crippen molar-refractivity contribution in [2.75, 3.05) is 40.9 Å². The molecule has 8 nitrogen and oxygen atoms in total. The first-order valence-corrected chi connectivity index (χ1v) is 16.5. The topological polar surface area (TPSA) is 108 Å². The van der Waals surface area contributed by atoms with Gasteiger partial charge in [-0.25, -0.2) is 0 Å². The minimum atomic E-state index is -4.55. The SMILES string of the molecule is CCCCCCCCCCCC/C=C/C(O)C(COP(=O)([O-])OCC[N+](C)(C)C)NC(=O)CCCCCC. The Morgan fingerprint density at radius 1 is 0.895 bits per heavy atom. The Morgan fingerprint density at radius 3 is 1.97 bits per heavy atom. The fraction of sp³-hybridized carbons (Fsp3) is 0.897. The number of unbranched alkanes of at least 4 members (excludes halogenated alkanes) is 13. The van der Waals surface area contributed by atoms with E-state index in [2.05, 4.69) is 19.2 Å². The molecule has 0 aliphatic heterocycles. The molecule has 0 spiro atoms. The molecule has 1 amide bonds. The van der Waals surface area contributed by atoms with Crippen LogP contribution in [0.15, 0.2) is 12.2 Å². The summed E-state index contributed by atoms with van der Waals surface area (Å²) in [5, 5.41) is 13.4. The third kappa shape index (κ3) is 24.3. The molecule has 3 unspecified atom stereocenters. The van der Waals surface area contributed by atoms with E-state index in [0.717, 1.165) is 44.9 Å². The van der Waals surface area contributed by atoms with Gasteiger partial charge in [-0.1, -0.05) is 103 Å². The van der Waals surface area contributed by atoms with Gasteiger partial charge in [-0.05, 0) is 19.3 Å². The molecule has 2 N–H and O–H groups in total. The number of amides is 1. The lowest BCUT2D eigenvalue weighted by Crippen LogP contribution is -2.45. The normalized spacial score (nSPS) is 15.4. The number of hydrogen-bond donors (Lipinski definition) is 2. The number of rotatable bonds is 26. The minimum Gasteiger partial charge on any atom is -0.756 e. The molecule has 0 aliphatic carbocycles. The van der Waals surface area contributed by atoms with E-state index in [-0.39, 0.29) is 19.1 Å². The van der Waals surface area contributed by atoms with Crippen LogP contribution in [0, 0.1) is 0 Å². The highest BCUT2D eigenvalue weighted by atomic mass is 31.2. The van der Waals surface area contributed by atoms with Crippen LogP contribution in [0.5, 0.6) is 0 Å². The maximum absolute atomic E-state index is 12.4. The van der Waals surface area contributed by atoms with Crippen LogP contribution in [0.1, 0.15) is 117 Å². The Kier molecular flexibility index (Phi) is 22.5. The third-order valence-electron chi connectivity index (χ3n) is 6.50. The average molecular weight is 563 g/mol. The summed E-state index contributed by atoms with van der Waals surface area (Å²) in [4.78, 5) is 24.6. The molecule has 0 aromatic carbocycles. The smallest absolute Gasteiger partial charge is 0.268 e. The highest BCUT2D eigenvalue weighted by Gasteiger charge is 2.23.